The minimum Gasteiger partial charge on any atom is 0 e. The van der Waals surface area contributed by atoms with Crippen molar-refractivity contribution in [2.75, 3.05) is 0 Å². The monoisotopic (exact) mass is 1040 g/mol. The largest absolute Gasteiger partial charge is 0 e. The van der Waals surface area contributed by atoms with Crippen molar-refractivity contribution in [2.24, 2.45) is 0 Å². The van der Waals surface area contributed by atoms with E-state index in [2.05, 4.69) is 0 Å². The SMILES string of the molecule is [Pb].[Pb].[Pb].[Pb].[Pb]. The molecule has 20 radical (unpaired) electrons. The van der Waals surface area contributed by atoms with E-state index in [9.17, 15) is 0 Å². The summed E-state index contributed by atoms with van der Waals surface area (Å²) in [6, 6.07) is 0. The van der Waals surface area contributed by atoms with Crippen molar-refractivity contribution >= 4 is 136 Å². The average Bonchev–Trinajstić information content (AvgIpc) is 0. The zero-order chi connectivity index (χ0) is 0. The molecule has 0 aromatic carbocycles. The fourth-order valence-corrected chi connectivity index (χ4v) is 0. The van der Waals surface area contributed by atoms with Crippen LogP contribution in [0.4, 0.5) is 0 Å². The summed E-state index contributed by atoms with van der Waals surface area (Å²) in [6.45, 7) is 0. The fourth-order valence-electron chi connectivity index (χ4n) is 0. The van der Waals surface area contributed by atoms with Gasteiger partial charge in [-0.3, -0.25) is 0 Å². The Bertz CT molecular complexity index is 0. The van der Waals surface area contributed by atoms with E-state index in [1.807, 2.05) is 0 Å². The molecule has 0 aromatic rings. The molecule has 0 rings (SSSR count). The van der Waals surface area contributed by atoms with E-state index < -0.39 is 0 Å². The quantitative estimate of drug-likeness (QED) is 0.249. The number of hydrogen-bond donors (Lipinski definition) is 0. The van der Waals surface area contributed by atoms with Gasteiger partial charge in [0.2, 0.25) is 0 Å². The molecule has 5 heteroatoms. The summed E-state index contributed by atoms with van der Waals surface area (Å²) in [7, 11) is 0. The average molecular weight is 1040 g/mol. The molecule has 0 bridgehead atoms. The van der Waals surface area contributed by atoms with Gasteiger partial charge in [0.25, 0.3) is 0 Å². The Morgan fingerprint density at radius 1 is 0.200 bits per heavy atom. The second-order valence-electron chi connectivity index (χ2n) is 0. The van der Waals surface area contributed by atoms with Gasteiger partial charge in [0.1, 0.15) is 0 Å². The first-order valence-electron chi connectivity index (χ1n) is 0. The van der Waals surface area contributed by atoms with Crippen LogP contribution < -0.4 is 0 Å². The molecule has 20 valence electrons. The Morgan fingerprint density at radius 2 is 0.200 bits per heavy atom. The first-order chi connectivity index (χ1) is 0. The van der Waals surface area contributed by atoms with Crippen molar-refractivity contribution in [3.8, 4) is 0 Å². The van der Waals surface area contributed by atoms with E-state index in [-0.39, 0.29) is 136 Å². The van der Waals surface area contributed by atoms with Crippen LogP contribution in [0.1, 0.15) is 0 Å². The zero-order valence-electron chi connectivity index (χ0n) is 2.50. The summed E-state index contributed by atoms with van der Waals surface area (Å²) in [5, 5.41) is 0. The van der Waals surface area contributed by atoms with Crippen molar-refractivity contribution in [3.63, 3.8) is 0 Å². The van der Waals surface area contributed by atoms with Crippen molar-refractivity contribution in [1.82, 2.24) is 0 Å². The maximum atomic E-state index is 0. The molecule has 0 heterocycles. The van der Waals surface area contributed by atoms with Crippen molar-refractivity contribution in [3.05, 3.63) is 0 Å². The van der Waals surface area contributed by atoms with Gasteiger partial charge in [-0.25, -0.2) is 0 Å². The molecule has 0 saturated carbocycles. The molecule has 0 spiro atoms. The van der Waals surface area contributed by atoms with Crippen LogP contribution in [0.5, 0.6) is 0 Å². The van der Waals surface area contributed by atoms with Crippen LogP contribution in [-0.2, 0) is 0 Å². The number of hydrogen-bond acceptors (Lipinski definition) is 0. The van der Waals surface area contributed by atoms with Gasteiger partial charge in [0.05, 0.1) is 0 Å². The maximum absolute atomic E-state index is 0. The van der Waals surface area contributed by atoms with Gasteiger partial charge in [-0.2, -0.15) is 0 Å². The van der Waals surface area contributed by atoms with E-state index in [0.29, 0.717) is 0 Å². The van der Waals surface area contributed by atoms with Crippen molar-refractivity contribution in [2.45, 2.75) is 0 Å². The van der Waals surface area contributed by atoms with Gasteiger partial charge < -0.3 is 0 Å². The molecule has 0 fully saturated rings. The zero-order valence-corrected chi connectivity index (χ0v) is 21.9. The van der Waals surface area contributed by atoms with Crippen LogP contribution in [0.25, 0.3) is 0 Å². The third kappa shape index (κ3) is 17.7. The summed E-state index contributed by atoms with van der Waals surface area (Å²) < 4.78 is 0. The normalized spacial score (nSPS) is 0. The summed E-state index contributed by atoms with van der Waals surface area (Å²) in [6.07, 6.45) is 0. The Hall–Kier alpha value is 4.61. The molecule has 0 atom stereocenters. The molecule has 0 aliphatic carbocycles. The summed E-state index contributed by atoms with van der Waals surface area (Å²) in [5.41, 5.74) is 0. The van der Waals surface area contributed by atoms with Crippen molar-refractivity contribution < 1.29 is 0 Å². The Labute approximate surface area is 133 Å². The van der Waals surface area contributed by atoms with E-state index in [4.69, 9.17) is 0 Å². The van der Waals surface area contributed by atoms with Crippen LogP contribution in [0, 0.1) is 0 Å². The van der Waals surface area contributed by atoms with Gasteiger partial charge in [0.15, 0.2) is 0 Å². The smallest absolute Gasteiger partial charge is 0 e. The molecule has 0 amide bonds. The maximum Gasteiger partial charge on any atom is 0 e. The van der Waals surface area contributed by atoms with Gasteiger partial charge in [0, 0.05) is 136 Å². The fraction of sp³-hybridized carbons (Fsp3) is 0. The van der Waals surface area contributed by atoms with Crippen LogP contribution in [0.2, 0.25) is 0 Å². The van der Waals surface area contributed by atoms with E-state index >= 15 is 0 Å². The number of rotatable bonds is 0. The molecule has 0 unspecified atom stereocenters. The third-order valence-electron chi connectivity index (χ3n) is 0. The first kappa shape index (κ1) is 33.5. The van der Waals surface area contributed by atoms with Crippen LogP contribution in [0.15, 0.2) is 0 Å². The summed E-state index contributed by atoms with van der Waals surface area (Å²) in [5.74, 6) is 0. The standard InChI is InChI=1S/5Pb. The van der Waals surface area contributed by atoms with E-state index in [1.165, 1.54) is 0 Å². The molecule has 5 heavy (non-hydrogen) atoms. The first-order valence-corrected chi connectivity index (χ1v) is 0. The van der Waals surface area contributed by atoms with Crippen molar-refractivity contribution in [1.29, 1.82) is 0 Å². The minimum absolute atomic E-state index is 0. The van der Waals surface area contributed by atoms with Gasteiger partial charge in [-0.15, -0.1) is 0 Å². The second kappa shape index (κ2) is 23.5. The van der Waals surface area contributed by atoms with E-state index in [0.717, 1.165) is 0 Å². The van der Waals surface area contributed by atoms with Gasteiger partial charge in [-0.1, -0.05) is 0 Å². The Kier molecular flexibility index (Phi) is 157. The second-order valence-corrected chi connectivity index (χ2v) is 0. The molecule has 0 aromatic heterocycles. The Balaban J connectivity index is 0. The molecule has 0 N–H and O–H groups in total. The minimum atomic E-state index is 0. The molecular formula is Pb5. The molecule has 0 aliphatic rings. The molecular weight excluding hydrogens is 1040 g/mol. The third-order valence-corrected chi connectivity index (χ3v) is 0. The van der Waals surface area contributed by atoms with Crippen LogP contribution >= 0.6 is 0 Å². The van der Waals surface area contributed by atoms with Crippen LogP contribution in [-0.4, -0.2) is 136 Å². The molecule has 0 nitrogen and oxygen atoms in total. The Morgan fingerprint density at radius 3 is 0.200 bits per heavy atom. The summed E-state index contributed by atoms with van der Waals surface area (Å²) >= 11 is 0. The summed E-state index contributed by atoms with van der Waals surface area (Å²) in [4.78, 5) is 0. The predicted octanol–water partition coefficient (Wildman–Crippen LogP) is -1.90. The van der Waals surface area contributed by atoms with Gasteiger partial charge in [-0.05, 0) is 0 Å². The van der Waals surface area contributed by atoms with Crippen LogP contribution in [0.3, 0.4) is 0 Å². The van der Waals surface area contributed by atoms with E-state index in [1.54, 1.807) is 0 Å². The molecule has 0 aliphatic heterocycles. The predicted molar refractivity (Wildman–Crippen MR) is 28.8 cm³/mol. The molecule has 0 saturated heterocycles. The topological polar surface area (TPSA) is 0 Å². The van der Waals surface area contributed by atoms with Gasteiger partial charge >= 0.3 is 0 Å².